The van der Waals surface area contributed by atoms with Crippen LogP contribution >= 0.6 is 0 Å². The molecule has 0 saturated heterocycles. The van der Waals surface area contributed by atoms with Gasteiger partial charge in [-0.1, -0.05) is 6.07 Å². The van der Waals surface area contributed by atoms with Crippen LogP contribution in [0.15, 0.2) is 48.7 Å². The molecule has 0 aliphatic carbocycles. The number of nitro groups is 1. The van der Waals surface area contributed by atoms with E-state index in [0.717, 1.165) is 0 Å². The maximum atomic E-state index is 12.5. The van der Waals surface area contributed by atoms with Gasteiger partial charge in [-0.25, -0.2) is 4.68 Å². The average Bonchev–Trinajstić information content (AvgIpc) is 3.22. The monoisotopic (exact) mass is 412 g/mol. The summed E-state index contributed by atoms with van der Waals surface area (Å²) in [6.45, 7) is 1.70. The predicted octanol–water partition coefficient (Wildman–Crippen LogP) is 3.41. The van der Waals surface area contributed by atoms with Crippen LogP contribution in [0.3, 0.4) is 0 Å². The van der Waals surface area contributed by atoms with Crippen molar-refractivity contribution in [3.63, 3.8) is 0 Å². The van der Waals surface area contributed by atoms with Crippen molar-refractivity contribution in [3.8, 4) is 17.2 Å². The predicted molar refractivity (Wildman–Crippen MR) is 108 cm³/mol. The smallest absolute Gasteiger partial charge is 0.276 e. The first-order valence-electron chi connectivity index (χ1n) is 8.86. The summed E-state index contributed by atoms with van der Waals surface area (Å²) in [6, 6.07) is 11.0. The maximum Gasteiger partial charge on any atom is 0.276 e. The summed E-state index contributed by atoms with van der Waals surface area (Å²) in [5.74, 6) is 0.993. The lowest BCUT2D eigenvalue weighted by atomic mass is 10.1. The van der Waals surface area contributed by atoms with Gasteiger partial charge in [0.05, 0.1) is 19.1 Å². The summed E-state index contributed by atoms with van der Waals surface area (Å²) >= 11 is 0. The zero-order valence-electron chi connectivity index (χ0n) is 16.6. The van der Waals surface area contributed by atoms with E-state index < -0.39 is 10.8 Å². The second-order valence-corrected chi connectivity index (χ2v) is 6.22. The van der Waals surface area contributed by atoms with Gasteiger partial charge < -0.3 is 19.5 Å². The number of carbonyl (C=O) groups is 1. The van der Waals surface area contributed by atoms with E-state index in [1.165, 1.54) is 37.1 Å². The summed E-state index contributed by atoms with van der Waals surface area (Å²) in [5, 5.41) is 17.7. The van der Waals surface area contributed by atoms with Gasteiger partial charge in [0.2, 0.25) is 5.75 Å². The fraction of sp³-hybridized carbons (Fsp3) is 0.200. The van der Waals surface area contributed by atoms with Crippen molar-refractivity contribution in [2.75, 3.05) is 19.5 Å². The minimum absolute atomic E-state index is 0.0283. The number of benzene rings is 2. The quantitative estimate of drug-likeness (QED) is 0.445. The second-order valence-electron chi connectivity index (χ2n) is 6.22. The Morgan fingerprint density at radius 3 is 2.47 bits per heavy atom. The van der Waals surface area contributed by atoms with Crippen LogP contribution in [-0.4, -0.2) is 34.8 Å². The lowest BCUT2D eigenvalue weighted by Gasteiger charge is -2.13. The minimum Gasteiger partial charge on any atom is -0.493 e. The summed E-state index contributed by atoms with van der Waals surface area (Å²) in [4.78, 5) is 22.8. The highest BCUT2D eigenvalue weighted by Crippen LogP contribution is 2.36. The van der Waals surface area contributed by atoms with Crippen LogP contribution in [0.1, 0.15) is 16.1 Å². The standard InChI is InChI=1S/C20H20N4O6/c1-13-11-14(24(26)27)7-8-15(13)21-20(25)16-9-10-23(22-16)12-30-19-17(28-2)5-4-6-18(19)29-3/h4-11H,12H2,1-3H3,(H,21,25). The molecule has 0 unspecified atom stereocenters. The largest absolute Gasteiger partial charge is 0.493 e. The van der Waals surface area contributed by atoms with E-state index in [9.17, 15) is 14.9 Å². The van der Waals surface area contributed by atoms with Crippen LogP contribution in [-0.2, 0) is 6.73 Å². The molecule has 0 aliphatic rings. The number of aryl methyl sites for hydroxylation is 1. The fourth-order valence-electron chi connectivity index (χ4n) is 2.73. The lowest BCUT2D eigenvalue weighted by molar-refractivity contribution is -0.384. The zero-order valence-corrected chi connectivity index (χ0v) is 16.6. The fourth-order valence-corrected chi connectivity index (χ4v) is 2.73. The molecule has 1 amide bonds. The number of aromatic nitrogens is 2. The van der Waals surface area contributed by atoms with Crippen molar-refractivity contribution in [1.29, 1.82) is 0 Å². The first-order valence-corrected chi connectivity index (χ1v) is 8.86. The Balaban J connectivity index is 1.68. The van der Waals surface area contributed by atoms with Crippen LogP contribution < -0.4 is 19.5 Å². The third-order valence-electron chi connectivity index (χ3n) is 4.27. The molecule has 0 atom stereocenters. The number of carbonyl (C=O) groups excluding carboxylic acids is 1. The minimum atomic E-state index is -0.489. The summed E-state index contributed by atoms with van der Waals surface area (Å²) < 4.78 is 17.8. The van der Waals surface area contributed by atoms with Crippen LogP contribution in [0.25, 0.3) is 0 Å². The van der Waals surface area contributed by atoms with Gasteiger partial charge in [0.1, 0.15) is 0 Å². The molecule has 2 aromatic carbocycles. The first kappa shape index (κ1) is 20.6. The first-order chi connectivity index (χ1) is 14.4. The van der Waals surface area contributed by atoms with Crippen LogP contribution in [0.2, 0.25) is 0 Å². The molecule has 0 bridgehead atoms. The van der Waals surface area contributed by atoms with Crippen molar-refractivity contribution in [2.24, 2.45) is 0 Å². The Morgan fingerprint density at radius 2 is 1.87 bits per heavy atom. The number of nitrogens with one attached hydrogen (secondary N) is 1. The van der Waals surface area contributed by atoms with Crippen molar-refractivity contribution < 1.29 is 23.9 Å². The molecule has 156 valence electrons. The zero-order chi connectivity index (χ0) is 21.7. The van der Waals surface area contributed by atoms with Gasteiger partial charge in [-0.15, -0.1) is 0 Å². The maximum absolute atomic E-state index is 12.5. The number of nitrogens with zero attached hydrogens (tertiary/aromatic N) is 3. The molecule has 3 aromatic rings. The molecule has 0 radical (unpaired) electrons. The third-order valence-corrected chi connectivity index (χ3v) is 4.27. The molecule has 0 saturated carbocycles. The molecular formula is C20H20N4O6. The van der Waals surface area contributed by atoms with Crippen molar-refractivity contribution in [1.82, 2.24) is 9.78 Å². The Morgan fingerprint density at radius 1 is 1.17 bits per heavy atom. The number of anilines is 1. The molecule has 0 aliphatic heterocycles. The Bertz CT molecular complexity index is 1060. The van der Waals surface area contributed by atoms with E-state index in [1.54, 1.807) is 37.4 Å². The number of non-ortho nitro benzene ring substituents is 1. The van der Waals surface area contributed by atoms with Gasteiger partial charge in [0.15, 0.2) is 23.9 Å². The number of hydrogen-bond acceptors (Lipinski definition) is 7. The van der Waals surface area contributed by atoms with Crippen molar-refractivity contribution in [3.05, 3.63) is 70.0 Å². The molecular weight excluding hydrogens is 392 g/mol. The van der Waals surface area contributed by atoms with Crippen LogP contribution in [0.5, 0.6) is 17.2 Å². The number of ether oxygens (including phenoxy) is 3. The number of methoxy groups -OCH3 is 2. The molecule has 10 nitrogen and oxygen atoms in total. The van der Waals surface area contributed by atoms with Gasteiger partial charge >= 0.3 is 0 Å². The highest BCUT2D eigenvalue weighted by molar-refractivity contribution is 6.03. The van der Waals surface area contributed by atoms with E-state index in [1.807, 2.05) is 0 Å². The lowest BCUT2D eigenvalue weighted by Crippen LogP contribution is -2.15. The van der Waals surface area contributed by atoms with E-state index in [0.29, 0.717) is 28.5 Å². The van der Waals surface area contributed by atoms with E-state index >= 15 is 0 Å². The van der Waals surface area contributed by atoms with Crippen molar-refractivity contribution in [2.45, 2.75) is 13.7 Å². The molecule has 3 rings (SSSR count). The third kappa shape index (κ3) is 4.49. The van der Waals surface area contributed by atoms with Crippen LogP contribution in [0, 0.1) is 17.0 Å². The number of nitro benzene ring substituents is 1. The van der Waals surface area contributed by atoms with Gasteiger partial charge in [0.25, 0.3) is 11.6 Å². The molecule has 0 spiro atoms. The number of amides is 1. The molecule has 30 heavy (non-hydrogen) atoms. The second kappa shape index (κ2) is 8.95. The Labute approximate surface area is 172 Å². The SMILES string of the molecule is COc1cccc(OC)c1OCn1ccc(C(=O)Nc2ccc([N+](=O)[O-])cc2C)n1. The van der Waals surface area contributed by atoms with Crippen LogP contribution in [0.4, 0.5) is 11.4 Å². The van der Waals surface area contributed by atoms with E-state index in [4.69, 9.17) is 14.2 Å². The van der Waals surface area contributed by atoms with Crippen molar-refractivity contribution >= 4 is 17.3 Å². The Kier molecular flexibility index (Phi) is 6.16. The molecule has 1 aromatic heterocycles. The van der Waals surface area contributed by atoms with Gasteiger partial charge in [0, 0.05) is 24.0 Å². The number of hydrogen-bond donors (Lipinski definition) is 1. The van der Waals surface area contributed by atoms with E-state index in [2.05, 4.69) is 10.4 Å². The molecule has 0 fully saturated rings. The Hall–Kier alpha value is -4.08. The normalized spacial score (nSPS) is 10.4. The topological polar surface area (TPSA) is 118 Å². The molecule has 1 N–H and O–H groups in total. The summed E-state index contributed by atoms with van der Waals surface area (Å²) in [7, 11) is 3.05. The van der Waals surface area contributed by atoms with Gasteiger partial charge in [-0.2, -0.15) is 5.10 Å². The summed E-state index contributed by atoms with van der Waals surface area (Å²) in [5.41, 5.74) is 1.17. The molecule has 1 heterocycles. The summed E-state index contributed by atoms with van der Waals surface area (Å²) in [6.07, 6.45) is 1.60. The van der Waals surface area contributed by atoms with Gasteiger partial charge in [-0.3, -0.25) is 14.9 Å². The highest BCUT2D eigenvalue weighted by Gasteiger charge is 2.15. The highest BCUT2D eigenvalue weighted by atomic mass is 16.6. The number of para-hydroxylation sites is 1. The molecule has 10 heteroatoms. The van der Waals surface area contributed by atoms with E-state index in [-0.39, 0.29) is 18.1 Å². The van der Waals surface area contributed by atoms with Gasteiger partial charge in [-0.05, 0) is 36.8 Å². The number of rotatable bonds is 8. The average molecular weight is 412 g/mol.